The maximum atomic E-state index is 13.4. The summed E-state index contributed by atoms with van der Waals surface area (Å²) in [5.41, 5.74) is -2.83. The maximum absolute atomic E-state index is 13.4. The number of carbonyl (C=O) groups is 2. The van der Waals surface area contributed by atoms with Gasteiger partial charge in [0.05, 0.1) is 55.7 Å². The third-order valence-electron chi connectivity index (χ3n) is 15.1. The Morgan fingerprint density at radius 1 is 0.659 bits per heavy atom. The summed E-state index contributed by atoms with van der Waals surface area (Å²) in [6, 6.07) is 20.9. The highest BCUT2D eigenvalue weighted by Gasteiger charge is 2.63. The number of halogens is 7. The van der Waals surface area contributed by atoms with Crippen molar-refractivity contribution < 1.29 is 62.2 Å². The molecule has 10 rings (SSSR count). The van der Waals surface area contributed by atoms with Crippen LogP contribution in [0.15, 0.2) is 120 Å². The van der Waals surface area contributed by atoms with Crippen LogP contribution in [0.5, 0.6) is 11.8 Å². The van der Waals surface area contributed by atoms with E-state index in [0.29, 0.717) is 29.5 Å². The van der Waals surface area contributed by atoms with E-state index >= 15 is 0 Å². The van der Waals surface area contributed by atoms with Gasteiger partial charge in [-0.2, -0.15) is 53.3 Å². The van der Waals surface area contributed by atoms with Crippen molar-refractivity contribution in [2.24, 2.45) is 22.7 Å². The first-order valence-corrected chi connectivity index (χ1v) is 30.1. The van der Waals surface area contributed by atoms with Crippen LogP contribution in [0.2, 0.25) is 5.02 Å². The van der Waals surface area contributed by atoms with Gasteiger partial charge in [0.1, 0.15) is 0 Å². The number of pyridine rings is 2. The predicted molar refractivity (Wildman–Crippen MR) is 317 cm³/mol. The fourth-order valence-corrected chi connectivity index (χ4v) is 12.4. The molecule has 0 spiro atoms. The number of benzene rings is 2. The number of amides is 2. The lowest BCUT2D eigenvalue weighted by Gasteiger charge is -2.35. The van der Waals surface area contributed by atoms with Crippen LogP contribution in [0.1, 0.15) is 114 Å². The molecular formula is C56H69ClF6N10O8S4. The molecule has 3 N–H and O–H groups in total. The summed E-state index contributed by atoms with van der Waals surface area (Å²) >= 11 is 6.16. The van der Waals surface area contributed by atoms with Gasteiger partial charge in [-0.1, -0.05) is 61.8 Å². The second-order valence-electron chi connectivity index (χ2n) is 22.8. The number of alkyl halides is 6. The van der Waals surface area contributed by atoms with Crippen molar-refractivity contribution in [3.63, 3.8) is 0 Å². The quantitative estimate of drug-likeness (QED) is 0.0723. The van der Waals surface area contributed by atoms with Gasteiger partial charge >= 0.3 is 12.4 Å². The molecule has 18 nitrogen and oxygen atoms in total. The highest BCUT2D eigenvalue weighted by Crippen LogP contribution is 2.60. The normalized spacial score (nSPS) is 18.9. The molecule has 2 amide bonds. The van der Waals surface area contributed by atoms with Gasteiger partial charge in [-0.3, -0.25) is 9.59 Å². The third kappa shape index (κ3) is 16.7. The van der Waals surface area contributed by atoms with E-state index in [1.807, 2.05) is 18.6 Å². The first-order chi connectivity index (χ1) is 38.8. The van der Waals surface area contributed by atoms with E-state index in [1.165, 1.54) is 89.3 Å². The van der Waals surface area contributed by atoms with E-state index in [9.17, 15) is 52.8 Å². The van der Waals surface area contributed by atoms with Gasteiger partial charge in [0.2, 0.25) is 11.8 Å². The number of sulfonamides is 2. The summed E-state index contributed by atoms with van der Waals surface area (Å²) in [5.74, 6) is 0.200. The van der Waals surface area contributed by atoms with Crippen molar-refractivity contribution >= 4 is 76.1 Å². The Morgan fingerprint density at radius 3 is 1.46 bits per heavy atom. The smallest absolute Gasteiger partial charge is 0.394 e. The van der Waals surface area contributed by atoms with Gasteiger partial charge in [-0.05, 0) is 122 Å². The van der Waals surface area contributed by atoms with Crippen molar-refractivity contribution in [3.8, 4) is 23.4 Å². The third-order valence-corrected chi connectivity index (χ3v) is 18.1. The number of hydrogen-bond donors (Lipinski definition) is 3. The van der Waals surface area contributed by atoms with Gasteiger partial charge in [-0.15, -0.1) is 10.2 Å². The lowest BCUT2D eigenvalue weighted by molar-refractivity contribution is -0.190. The number of anilines is 1. The first-order valence-electron chi connectivity index (χ1n) is 26.8. The Balaban J connectivity index is 0.000000238. The Hall–Kier alpha value is -6.07. The van der Waals surface area contributed by atoms with Crippen molar-refractivity contribution in [1.82, 2.24) is 44.3 Å². The van der Waals surface area contributed by atoms with E-state index in [2.05, 4.69) is 62.8 Å². The molecule has 2 atom stereocenters. The van der Waals surface area contributed by atoms with Crippen molar-refractivity contribution in [2.45, 2.75) is 126 Å². The molecule has 0 bridgehead atoms. The SMILES string of the molecule is C[C@@H]1CN(c2cc(-n3ccc(OCCC4(C(F)(F)F)CC4)n3)ncc2C(=O)NS(=O)(=O)c2ccccc2)C(C)(C)C1.C[C@@H]1CNC(C)(C)C1.O=C(NS(=O)(=O)c1ccccc1)c1cnc(-n2ccc(OCCC3(C(F)(F)F)CC3)n2)cc1Cl.S.S. The minimum atomic E-state index is -4.25. The van der Waals surface area contributed by atoms with Crippen molar-refractivity contribution in [2.75, 3.05) is 31.2 Å². The number of aromatic nitrogens is 6. The molecular weight excluding hydrogens is 1220 g/mol. The van der Waals surface area contributed by atoms with Crippen molar-refractivity contribution in [1.29, 1.82) is 0 Å². The Labute approximate surface area is 509 Å². The van der Waals surface area contributed by atoms with E-state index < -0.39 is 55.0 Å². The molecule has 6 heterocycles. The molecule has 0 unspecified atom stereocenters. The van der Waals surface area contributed by atoms with Crippen LogP contribution in [-0.4, -0.2) is 108 Å². The monoisotopic (exact) mass is 1290 g/mol. The molecule has 2 aliphatic carbocycles. The molecule has 464 valence electrons. The standard InChI is InChI=1S/C28H32F3N5O4S.C21H18ClF3N4O4S.C7H15N.2H2S/c1-19-16-26(2,3)35(18-19)22-15-23(32-17-21(22)25(37)34-41(38,39)20-7-5-4-6-8-20)36-13-9-24(33-36)40-14-12-27(10-11-27)28(29,30)31;22-16-12-17(26-13-15(16)19(30)28-34(31,32)14-4-2-1-3-5-14)29-10-6-18(27-29)33-11-9-20(7-8-20)21(23,24)25;1-6-4-7(2,3)8-5-6;;/h4-9,13,15,17,19H,10-12,14,16,18H2,1-3H3,(H,34,37);1-6,10,12-13H,7-9,11H2,(H,28,30);6,8H,4-5H2,1-3H3;2*1H2/t19-;;6-;;/m0.0../s1. The topological polar surface area (TPSA) is 222 Å². The second kappa shape index (κ2) is 26.5. The van der Waals surface area contributed by atoms with E-state index in [0.717, 1.165) is 18.5 Å². The second-order valence-corrected chi connectivity index (χ2v) is 26.6. The molecule has 29 heteroatoms. The molecule has 2 aliphatic heterocycles. The van der Waals surface area contributed by atoms with Gasteiger partial charge in [0.15, 0.2) is 11.6 Å². The number of nitrogens with one attached hydrogen (secondary N) is 3. The summed E-state index contributed by atoms with van der Waals surface area (Å²) in [7, 11) is -8.22. The van der Waals surface area contributed by atoms with Crippen LogP contribution in [0.3, 0.4) is 0 Å². The summed E-state index contributed by atoms with van der Waals surface area (Å²) in [4.78, 5) is 36.1. The van der Waals surface area contributed by atoms with Crippen LogP contribution in [0, 0.1) is 22.7 Å². The lowest BCUT2D eigenvalue weighted by Crippen LogP contribution is -2.40. The molecule has 4 fully saturated rings. The lowest BCUT2D eigenvalue weighted by atomic mass is 9.97. The van der Waals surface area contributed by atoms with Gasteiger partial charge < -0.3 is 19.7 Å². The van der Waals surface area contributed by atoms with Gasteiger partial charge in [0.25, 0.3) is 31.9 Å². The van der Waals surface area contributed by atoms with Crippen LogP contribution in [-0.2, 0) is 20.0 Å². The van der Waals surface area contributed by atoms with E-state index in [-0.39, 0.29) is 128 Å². The van der Waals surface area contributed by atoms with Gasteiger partial charge in [-0.25, -0.2) is 45.6 Å². The summed E-state index contributed by atoms with van der Waals surface area (Å²) in [6.45, 7) is 14.6. The van der Waals surface area contributed by atoms with Crippen LogP contribution >= 0.6 is 38.6 Å². The average Bonchev–Trinajstić information content (AvgIpc) is 1.98. The molecule has 85 heavy (non-hydrogen) atoms. The minimum absolute atomic E-state index is 0. The van der Waals surface area contributed by atoms with Crippen LogP contribution < -0.4 is 29.1 Å². The summed E-state index contributed by atoms with van der Waals surface area (Å²) in [6.07, 6.45) is -0.745. The zero-order chi connectivity index (χ0) is 60.4. The van der Waals surface area contributed by atoms with Crippen LogP contribution in [0.4, 0.5) is 32.0 Å². The van der Waals surface area contributed by atoms with E-state index in [1.54, 1.807) is 36.5 Å². The fourth-order valence-electron chi connectivity index (χ4n) is 10.2. The number of hydrogen-bond acceptors (Lipinski definition) is 14. The highest BCUT2D eigenvalue weighted by molar-refractivity contribution is 7.90. The molecule has 0 radical (unpaired) electrons. The number of rotatable bonds is 17. The first kappa shape index (κ1) is 68.0. The maximum Gasteiger partial charge on any atom is 0.394 e. The predicted octanol–water partition coefficient (Wildman–Crippen LogP) is 10.9. The zero-order valence-electron chi connectivity index (χ0n) is 47.4. The molecule has 6 aromatic rings. The van der Waals surface area contributed by atoms with Crippen LogP contribution in [0.25, 0.3) is 11.6 Å². The zero-order valence-corrected chi connectivity index (χ0v) is 51.8. The summed E-state index contributed by atoms with van der Waals surface area (Å²) in [5, 5.41) is 11.8. The Morgan fingerprint density at radius 2 is 1.09 bits per heavy atom. The largest absolute Gasteiger partial charge is 0.477 e. The number of nitrogens with zero attached hydrogens (tertiary/aromatic N) is 7. The fraction of sp³-hybridized carbons (Fsp3) is 0.464. The molecule has 4 aromatic heterocycles. The molecule has 2 saturated carbocycles. The van der Waals surface area contributed by atoms with Crippen molar-refractivity contribution in [3.05, 3.63) is 126 Å². The number of ether oxygens (including phenoxy) is 2. The molecule has 2 aromatic carbocycles. The van der Waals surface area contributed by atoms with Gasteiger partial charge in [0, 0.05) is 66.7 Å². The summed E-state index contributed by atoms with van der Waals surface area (Å²) < 4.78 is 147. The highest BCUT2D eigenvalue weighted by atomic mass is 35.5. The van der Waals surface area contributed by atoms with E-state index in [4.69, 9.17) is 21.1 Å². The Bertz CT molecular complexity index is 3510. The average molecular weight is 1290 g/mol. The Kier molecular flexibility index (Phi) is 21.2. The number of carbonyl (C=O) groups excluding carboxylic acids is 2. The molecule has 2 saturated heterocycles. The minimum Gasteiger partial charge on any atom is -0.477 e. The molecule has 4 aliphatic rings.